The zero-order valence-electron chi connectivity index (χ0n) is 18.1. The molecule has 2 atom stereocenters. The van der Waals surface area contributed by atoms with E-state index in [2.05, 4.69) is 20.8 Å². The topological polar surface area (TPSA) is 86.0 Å². The van der Waals surface area contributed by atoms with Crippen LogP contribution in [-0.2, 0) is 13.6 Å². The predicted octanol–water partition coefficient (Wildman–Crippen LogP) is 4.18. The summed E-state index contributed by atoms with van der Waals surface area (Å²) in [5, 5.41) is 13.6. The molecule has 1 aliphatic rings. The molecule has 0 saturated carbocycles. The lowest BCUT2D eigenvalue weighted by atomic mass is 9.97. The number of fused-ring (bicyclic) bond motifs is 1. The summed E-state index contributed by atoms with van der Waals surface area (Å²) < 4.78 is 49.3. The lowest BCUT2D eigenvalue weighted by Gasteiger charge is -2.33. The van der Waals surface area contributed by atoms with Crippen LogP contribution in [0.4, 0.5) is 19.0 Å². The maximum atomic E-state index is 13.9. The van der Waals surface area contributed by atoms with Crippen molar-refractivity contribution in [2.45, 2.75) is 38.1 Å². The molecule has 33 heavy (non-hydrogen) atoms. The largest absolute Gasteiger partial charge is 0.497 e. The minimum absolute atomic E-state index is 0.0474. The number of carbonyl (C=O) groups excluding carboxylic acids is 1. The van der Waals surface area contributed by atoms with Crippen molar-refractivity contribution in [1.82, 2.24) is 24.9 Å². The van der Waals surface area contributed by atoms with E-state index < -0.39 is 24.2 Å². The van der Waals surface area contributed by atoms with E-state index >= 15 is 0 Å². The second-order valence-electron chi connectivity index (χ2n) is 7.82. The van der Waals surface area contributed by atoms with Crippen LogP contribution in [0.3, 0.4) is 0 Å². The third-order valence-corrected chi connectivity index (χ3v) is 5.94. The van der Waals surface area contributed by atoms with E-state index in [0.29, 0.717) is 11.3 Å². The van der Waals surface area contributed by atoms with Gasteiger partial charge in [0.05, 0.1) is 18.8 Å². The number of nitrogens with zero attached hydrogens (tertiary/aromatic N) is 4. The molecule has 0 aliphatic carbocycles. The maximum Gasteiger partial charge on any atom is 0.410 e. The monoisotopic (exact) mass is 482 g/mol. The van der Waals surface area contributed by atoms with Gasteiger partial charge in [-0.05, 0) is 24.6 Å². The third-order valence-electron chi connectivity index (χ3n) is 5.58. The lowest BCUT2D eigenvalue weighted by molar-refractivity contribution is -0.173. The van der Waals surface area contributed by atoms with E-state index in [0.717, 1.165) is 15.9 Å². The van der Waals surface area contributed by atoms with Crippen molar-refractivity contribution in [3.05, 3.63) is 58.0 Å². The Morgan fingerprint density at radius 1 is 1.30 bits per heavy atom. The minimum Gasteiger partial charge on any atom is -0.497 e. The number of halogens is 4. The fourth-order valence-electron chi connectivity index (χ4n) is 3.87. The Bertz CT molecular complexity index is 1170. The first-order chi connectivity index (χ1) is 15.6. The van der Waals surface area contributed by atoms with Gasteiger partial charge in [-0.25, -0.2) is 4.68 Å². The molecule has 0 spiro atoms. The second-order valence-corrected chi connectivity index (χ2v) is 8.19. The lowest BCUT2D eigenvalue weighted by Crippen LogP contribution is -2.35. The molecule has 0 radical (unpaired) electrons. The molecule has 1 aliphatic heterocycles. The summed E-state index contributed by atoms with van der Waals surface area (Å²) in [7, 11) is 3.26. The van der Waals surface area contributed by atoms with Gasteiger partial charge in [0.15, 0.2) is 11.7 Å². The average Bonchev–Trinajstić information content (AvgIpc) is 3.28. The highest BCUT2D eigenvalue weighted by molar-refractivity contribution is 6.36. The summed E-state index contributed by atoms with van der Waals surface area (Å²) in [4.78, 5) is 12.7. The standard InChI is InChI=1S/C21H22ClF3N6O2/c1-11-13(10-30(2)28-11)9-26-20(32)18-17(22)19-27-15(12-4-6-14(33-3)7-5-12)8-16(21(23,24)25)31(19)29-18/h4-7,10,15-16,27H,8-9H2,1-3H3,(H,26,32). The van der Waals surface area contributed by atoms with Gasteiger partial charge in [-0.15, -0.1) is 0 Å². The van der Waals surface area contributed by atoms with Crippen molar-refractivity contribution in [3.8, 4) is 5.75 Å². The van der Waals surface area contributed by atoms with Gasteiger partial charge in [-0.2, -0.15) is 23.4 Å². The van der Waals surface area contributed by atoms with Gasteiger partial charge in [-0.1, -0.05) is 23.7 Å². The van der Waals surface area contributed by atoms with Gasteiger partial charge in [0.25, 0.3) is 5.91 Å². The number of ether oxygens (including phenoxy) is 1. The van der Waals surface area contributed by atoms with Crippen LogP contribution in [-0.4, -0.2) is 38.8 Å². The fourth-order valence-corrected chi connectivity index (χ4v) is 4.14. The summed E-state index contributed by atoms with van der Waals surface area (Å²) in [6.45, 7) is 1.93. The van der Waals surface area contributed by atoms with Crippen LogP contribution < -0.4 is 15.4 Å². The van der Waals surface area contributed by atoms with Crippen LogP contribution in [0.25, 0.3) is 0 Å². The molecule has 4 rings (SSSR count). The number of aromatic nitrogens is 4. The Labute approximate surface area is 192 Å². The number of hydrogen-bond donors (Lipinski definition) is 2. The summed E-state index contributed by atoms with van der Waals surface area (Å²) in [6, 6.07) is 4.10. The fraction of sp³-hybridized carbons (Fsp3) is 0.381. The molecular formula is C21H22ClF3N6O2. The van der Waals surface area contributed by atoms with E-state index in [-0.39, 0.29) is 29.5 Å². The summed E-state index contributed by atoms with van der Waals surface area (Å²) >= 11 is 6.36. The first-order valence-electron chi connectivity index (χ1n) is 10.1. The first kappa shape index (κ1) is 23.0. The molecule has 0 saturated heterocycles. The number of carbonyl (C=O) groups is 1. The van der Waals surface area contributed by atoms with E-state index in [1.165, 1.54) is 7.11 Å². The number of nitrogens with one attached hydrogen (secondary N) is 2. The number of hydrogen-bond acceptors (Lipinski definition) is 5. The molecular weight excluding hydrogens is 461 g/mol. The van der Waals surface area contributed by atoms with Crippen molar-refractivity contribution in [2.75, 3.05) is 12.4 Å². The third kappa shape index (κ3) is 4.50. The zero-order chi connectivity index (χ0) is 23.9. The number of methoxy groups -OCH3 is 1. The van der Waals surface area contributed by atoms with E-state index in [1.807, 2.05) is 0 Å². The van der Waals surface area contributed by atoms with Crippen LogP contribution >= 0.6 is 11.6 Å². The van der Waals surface area contributed by atoms with Gasteiger partial charge in [0.2, 0.25) is 0 Å². The van der Waals surface area contributed by atoms with Crippen LogP contribution in [0.2, 0.25) is 5.02 Å². The molecule has 2 aromatic heterocycles. The van der Waals surface area contributed by atoms with Gasteiger partial charge in [0, 0.05) is 31.8 Å². The van der Waals surface area contributed by atoms with E-state index in [4.69, 9.17) is 16.3 Å². The van der Waals surface area contributed by atoms with Gasteiger partial charge in [0.1, 0.15) is 16.6 Å². The van der Waals surface area contributed by atoms with Crippen molar-refractivity contribution in [1.29, 1.82) is 0 Å². The minimum atomic E-state index is -4.59. The molecule has 3 aromatic rings. The number of aryl methyl sites for hydroxylation is 2. The molecule has 0 fully saturated rings. The quantitative estimate of drug-likeness (QED) is 0.570. The van der Waals surface area contributed by atoms with Crippen LogP contribution in [0.5, 0.6) is 5.75 Å². The Hall–Kier alpha value is -3.21. The summed E-state index contributed by atoms with van der Waals surface area (Å²) in [5.41, 5.74) is 1.86. The molecule has 12 heteroatoms. The number of rotatable bonds is 5. The molecule has 1 aromatic carbocycles. The Kier molecular flexibility index (Phi) is 6.00. The Morgan fingerprint density at radius 2 is 2.00 bits per heavy atom. The second kappa shape index (κ2) is 8.62. The Morgan fingerprint density at radius 3 is 2.58 bits per heavy atom. The van der Waals surface area contributed by atoms with Crippen LogP contribution in [0.1, 0.15) is 45.8 Å². The van der Waals surface area contributed by atoms with E-state index in [9.17, 15) is 18.0 Å². The maximum absolute atomic E-state index is 13.9. The number of benzene rings is 1. The Balaban J connectivity index is 1.62. The van der Waals surface area contributed by atoms with Gasteiger partial charge >= 0.3 is 6.18 Å². The highest BCUT2D eigenvalue weighted by Crippen LogP contribution is 2.46. The van der Waals surface area contributed by atoms with Gasteiger partial charge in [-0.3, -0.25) is 9.48 Å². The number of amides is 1. The van der Waals surface area contributed by atoms with Gasteiger partial charge < -0.3 is 15.4 Å². The van der Waals surface area contributed by atoms with Crippen LogP contribution in [0.15, 0.2) is 30.5 Å². The van der Waals surface area contributed by atoms with Crippen LogP contribution in [0, 0.1) is 6.92 Å². The summed E-state index contributed by atoms with van der Waals surface area (Å²) in [5.74, 6) is -0.129. The number of anilines is 1. The molecule has 2 unspecified atom stereocenters. The number of alkyl halides is 3. The smallest absolute Gasteiger partial charge is 0.410 e. The zero-order valence-corrected chi connectivity index (χ0v) is 18.8. The normalized spacial score (nSPS) is 17.9. The predicted molar refractivity (Wildman–Crippen MR) is 115 cm³/mol. The average molecular weight is 483 g/mol. The SMILES string of the molecule is COc1ccc(C2CC(C(F)(F)F)n3nc(C(=O)NCc4cn(C)nc4C)c(Cl)c3N2)cc1. The molecule has 176 valence electrons. The highest BCUT2D eigenvalue weighted by atomic mass is 35.5. The molecule has 8 nitrogen and oxygen atoms in total. The molecule has 0 bridgehead atoms. The summed E-state index contributed by atoms with van der Waals surface area (Å²) in [6.07, 6.45) is -3.15. The highest BCUT2D eigenvalue weighted by Gasteiger charge is 2.47. The van der Waals surface area contributed by atoms with Crippen molar-refractivity contribution >= 4 is 23.3 Å². The van der Waals surface area contributed by atoms with E-state index in [1.54, 1.807) is 49.1 Å². The first-order valence-corrected chi connectivity index (χ1v) is 10.5. The van der Waals surface area contributed by atoms with Crippen molar-refractivity contribution in [2.24, 2.45) is 7.05 Å². The van der Waals surface area contributed by atoms with Crippen molar-refractivity contribution in [3.63, 3.8) is 0 Å². The molecule has 2 N–H and O–H groups in total. The van der Waals surface area contributed by atoms with Crippen molar-refractivity contribution < 1.29 is 22.7 Å². The molecule has 1 amide bonds. The molecule has 3 heterocycles.